The molecule has 0 spiro atoms. The summed E-state index contributed by atoms with van der Waals surface area (Å²) in [5, 5.41) is 3.06. The second-order valence-corrected chi connectivity index (χ2v) is 5.19. The van der Waals surface area contributed by atoms with Gasteiger partial charge in [0.25, 0.3) is 0 Å². The lowest BCUT2D eigenvalue weighted by Gasteiger charge is -2.41. The summed E-state index contributed by atoms with van der Waals surface area (Å²) in [4.78, 5) is 4.78. The van der Waals surface area contributed by atoms with Crippen LogP contribution in [0.2, 0.25) is 0 Å². The van der Waals surface area contributed by atoms with E-state index in [-0.39, 0.29) is 5.82 Å². The molecule has 4 heteroatoms. The zero-order valence-corrected chi connectivity index (χ0v) is 12.1. The first-order valence-corrected chi connectivity index (χ1v) is 7.08. The van der Waals surface area contributed by atoms with E-state index < -0.39 is 0 Å². The maximum Gasteiger partial charge on any atom is 0.129 e. The highest BCUT2D eigenvalue weighted by molar-refractivity contribution is 5.54. The molecule has 0 bridgehead atoms. The van der Waals surface area contributed by atoms with Gasteiger partial charge in [-0.15, -0.1) is 0 Å². The van der Waals surface area contributed by atoms with Gasteiger partial charge < -0.3 is 10.2 Å². The van der Waals surface area contributed by atoms with Crippen LogP contribution in [-0.4, -0.2) is 44.2 Å². The average molecular weight is 265 g/mol. The van der Waals surface area contributed by atoms with Gasteiger partial charge in [-0.3, -0.25) is 4.90 Å². The fraction of sp³-hybridized carbons (Fsp3) is 0.600. The summed E-state index contributed by atoms with van der Waals surface area (Å²) >= 11 is 0. The van der Waals surface area contributed by atoms with Crippen LogP contribution in [0.1, 0.15) is 19.4 Å². The maximum absolute atomic E-state index is 14.0. The maximum atomic E-state index is 14.0. The highest BCUT2D eigenvalue weighted by Gasteiger charge is 2.24. The molecule has 1 unspecified atom stereocenters. The van der Waals surface area contributed by atoms with Crippen LogP contribution in [0.4, 0.5) is 10.1 Å². The molecule has 2 rings (SSSR count). The van der Waals surface area contributed by atoms with Crippen molar-refractivity contribution >= 4 is 5.69 Å². The van der Waals surface area contributed by atoms with Crippen molar-refractivity contribution in [3.05, 3.63) is 29.6 Å². The Morgan fingerprint density at radius 1 is 1.37 bits per heavy atom. The van der Waals surface area contributed by atoms with E-state index in [0.717, 1.165) is 37.4 Å². The zero-order valence-electron chi connectivity index (χ0n) is 12.1. The number of hydrogen-bond donors (Lipinski definition) is 1. The minimum Gasteiger partial charge on any atom is -0.368 e. The van der Waals surface area contributed by atoms with E-state index in [1.54, 1.807) is 12.1 Å². The Labute approximate surface area is 115 Å². The molecule has 3 nitrogen and oxygen atoms in total. The third-order valence-corrected chi connectivity index (χ3v) is 3.96. The third kappa shape index (κ3) is 3.07. The molecular weight excluding hydrogens is 241 g/mol. The normalized spacial score (nSPS) is 20.8. The molecule has 0 saturated carbocycles. The summed E-state index contributed by atoms with van der Waals surface area (Å²) in [5.74, 6) is -0.113. The van der Waals surface area contributed by atoms with Crippen LogP contribution >= 0.6 is 0 Å². The van der Waals surface area contributed by atoms with E-state index >= 15 is 0 Å². The molecule has 0 radical (unpaired) electrons. The van der Waals surface area contributed by atoms with E-state index in [1.165, 1.54) is 0 Å². The number of halogens is 1. The molecule has 1 aromatic rings. The Morgan fingerprint density at radius 3 is 2.79 bits per heavy atom. The Kier molecular flexibility index (Phi) is 4.77. The lowest BCUT2D eigenvalue weighted by atomic mass is 10.1. The van der Waals surface area contributed by atoms with E-state index in [0.29, 0.717) is 12.6 Å². The van der Waals surface area contributed by atoms with Crippen molar-refractivity contribution in [3.63, 3.8) is 0 Å². The minimum absolute atomic E-state index is 0.113. The fourth-order valence-electron chi connectivity index (χ4n) is 2.88. The number of anilines is 1. The third-order valence-electron chi connectivity index (χ3n) is 3.96. The van der Waals surface area contributed by atoms with Gasteiger partial charge in [-0.25, -0.2) is 4.39 Å². The van der Waals surface area contributed by atoms with Crippen LogP contribution in [0, 0.1) is 5.82 Å². The van der Waals surface area contributed by atoms with Crippen molar-refractivity contribution in [2.75, 3.05) is 38.1 Å². The van der Waals surface area contributed by atoms with Crippen molar-refractivity contribution in [1.29, 1.82) is 0 Å². The summed E-state index contributed by atoms with van der Waals surface area (Å²) in [6, 6.07) is 5.90. The highest BCUT2D eigenvalue weighted by atomic mass is 19.1. The highest BCUT2D eigenvalue weighted by Crippen LogP contribution is 2.25. The monoisotopic (exact) mass is 265 g/mol. The molecule has 0 aromatic heterocycles. The molecule has 1 aromatic carbocycles. The molecule has 1 aliphatic rings. The first-order chi connectivity index (χ1) is 9.17. The summed E-state index contributed by atoms with van der Waals surface area (Å²) in [7, 11) is 1.86. The van der Waals surface area contributed by atoms with Crippen molar-refractivity contribution in [2.24, 2.45) is 0 Å². The van der Waals surface area contributed by atoms with Crippen LogP contribution in [0.5, 0.6) is 0 Å². The molecule has 1 heterocycles. The molecular formula is C15H24FN3. The number of piperazine rings is 1. The summed E-state index contributed by atoms with van der Waals surface area (Å²) < 4.78 is 14.0. The smallest absolute Gasteiger partial charge is 0.129 e. The Morgan fingerprint density at radius 2 is 2.16 bits per heavy atom. The number of benzene rings is 1. The molecule has 1 atom stereocenters. The van der Waals surface area contributed by atoms with Gasteiger partial charge in [0.2, 0.25) is 0 Å². The Hall–Kier alpha value is -1.13. The van der Waals surface area contributed by atoms with Crippen LogP contribution in [0.3, 0.4) is 0 Å². The van der Waals surface area contributed by atoms with E-state index in [2.05, 4.69) is 29.0 Å². The average Bonchev–Trinajstić information content (AvgIpc) is 2.41. The van der Waals surface area contributed by atoms with Gasteiger partial charge in [-0.2, -0.15) is 0 Å². The van der Waals surface area contributed by atoms with Gasteiger partial charge in [0.15, 0.2) is 0 Å². The molecule has 106 valence electrons. The topological polar surface area (TPSA) is 18.5 Å². The van der Waals surface area contributed by atoms with Gasteiger partial charge >= 0.3 is 0 Å². The lowest BCUT2D eigenvalue weighted by Crippen LogP contribution is -2.52. The molecule has 0 amide bonds. The zero-order chi connectivity index (χ0) is 13.8. The summed E-state index contributed by atoms with van der Waals surface area (Å²) in [5.41, 5.74) is 1.82. The van der Waals surface area contributed by atoms with E-state index in [9.17, 15) is 4.39 Å². The number of nitrogens with one attached hydrogen (secondary N) is 1. The predicted octanol–water partition coefficient (Wildman–Crippen LogP) is 2.08. The van der Waals surface area contributed by atoms with Gasteiger partial charge in [-0.1, -0.05) is 13.0 Å². The number of nitrogens with zero attached hydrogens (tertiary/aromatic N) is 2. The van der Waals surface area contributed by atoms with Gasteiger partial charge in [-0.05, 0) is 32.6 Å². The van der Waals surface area contributed by atoms with Crippen LogP contribution in [0.15, 0.2) is 18.2 Å². The van der Waals surface area contributed by atoms with E-state index in [4.69, 9.17) is 0 Å². The second kappa shape index (κ2) is 6.35. The molecule has 1 N–H and O–H groups in total. The fourth-order valence-corrected chi connectivity index (χ4v) is 2.88. The Bertz CT molecular complexity index is 422. The molecule has 1 aliphatic heterocycles. The summed E-state index contributed by atoms with van der Waals surface area (Å²) in [6.07, 6.45) is 0. The second-order valence-electron chi connectivity index (χ2n) is 5.19. The van der Waals surface area contributed by atoms with Crippen LogP contribution in [-0.2, 0) is 6.54 Å². The van der Waals surface area contributed by atoms with E-state index in [1.807, 2.05) is 13.1 Å². The number of rotatable bonds is 4. The van der Waals surface area contributed by atoms with Crippen molar-refractivity contribution in [1.82, 2.24) is 10.2 Å². The Balaban J connectivity index is 2.20. The number of likely N-dealkylation sites (N-methyl/N-ethyl adjacent to an activating group) is 1. The molecule has 1 fully saturated rings. The van der Waals surface area contributed by atoms with Gasteiger partial charge in [0, 0.05) is 43.5 Å². The van der Waals surface area contributed by atoms with Crippen molar-refractivity contribution in [2.45, 2.75) is 26.4 Å². The van der Waals surface area contributed by atoms with Gasteiger partial charge in [0.1, 0.15) is 5.82 Å². The van der Waals surface area contributed by atoms with Crippen molar-refractivity contribution in [3.8, 4) is 0 Å². The lowest BCUT2D eigenvalue weighted by molar-refractivity contribution is 0.199. The summed E-state index contributed by atoms with van der Waals surface area (Å²) in [6.45, 7) is 9.08. The molecule has 1 saturated heterocycles. The first-order valence-electron chi connectivity index (χ1n) is 7.08. The molecule has 0 aliphatic carbocycles. The SMILES string of the molecule is CCN1CCN(c2cccc(F)c2CNC)CC1C. The van der Waals surface area contributed by atoms with Crippen LogP contribution < -0.4 is 10.2 Å². The quantitative estimate of drug-likeness (QED) is 0.899. The van der Waals surface area contributed by atoms with Gasteiger partial charge in [0.05, 0.1) is 0 Å². The standard InChI is InChI=1S/C15H24FN3/c1-4-18-8-9-19(11-12(18)2)15-7-5-6-14(16)13(15)10-17-3/h5-7,12,17H,4,8-11H2,1-3H3. The van der Waals surface area contributed by atoms with Crippen LogP contribution in [0.25, 0.3) is 0 Å². The predicted molar refractivity (Wildman–Crippen MR) is 78.1 cm³/mol. The minimum atomic E-state index is -0.113. The first kappa shape index (κ1) is 14.3. The van der Waals surface area contributed by atoms with Crippen molar-refractivity contribution < 1.29 is 4.39 Å². The number of hydrogen-bond acceptors (Lipinski definition) is 3. The largest absolute Gasteiger partial charge is 0.368 e. The molecule has 19 heavy (non-hydrogen) atoms.